The Morgan fingerprint density at radius 3 is 2.87 bits per heavy atom. The first-order chi connectivity index (χ1) is 18.5. The molecule has 1 aliphatic heterocycles. The van der Waals surface area contributed by atoms with E-state index in [4.69, 9.17) is 14.5 Å². The zero-order valence-electron chi connectivity index (χ0n) is 21.3. The third-order valence-electron chi connectivity index (χ3n) is 6.92. The van der Waals surface area contributed by atoms with Crippen LogP contribution in [0, 0.1) is 11.3 Å². The molecule has 3 heterocycles. The number of nitrogens with one attached hydrogen (secondary N) is 1. The van der Waals surface area contributed by atoms with Crippen LogP contribution in [-0.4, -0.2) is 67.1 Å². The lowest BCUT2D eigenvalue weighted by Gasteiger charge is -2.23. The molecule has 0 bridgehead atoms. The van der Waals surface area contributed by atoms with E-state index in [9.17, 15) is 15.2 Å². The van der Waals surface area contributed by atoms with Gasteiger partial charge in [-0.15, -0.1) is 0 Å². The fraction of sp³-hybridized carbons (Fsp3) is 0.370. The first kappa shape index (κ1) is 25.6. The van der Waals surface area contributed by atoms with Crippen LogP contribution in [0.15, 0.2) is 36.7 Å². The van der Waals surface area contributed by atoms with E-state index in [1.54, 1.807) is 30.3 Å². The zero-order chi connectivity index (χ0) is 26.7. The summed E-state index contributed by atoms with van der Waals surface area (Å²) in [6.45, 7) is 2.96. The number of methoxy groups -OCH3 is 1. The van der Waals surface area contributed by atoms with Crippen molar-refractivity contribution < 1.29 is 19.4 Å². The summed E-state index contributed by atoms with van der Waals surface area (Å²) in [6, 6.07) is 9.70. The summed E-state index contributed by atoms with van der Waals surface area (Å²) in [5, 5.41) is 23.4. The van der Waals surface area contributed by atoms with Crippen LogP contribution in [0.3, 0.4) is 0 Å². The number of fused-ring (bicyclic) bond motifs is 1. The van der Waals surface area contributed by atoms with Crippen molar-refractivity contribution >= 4 is 30.9 Å². The van der Waals surface area contributed by atoms with E-state index in [1.165, 1.54) is 7.41 Å². The molecule has 2 aromatic heterocycles. The average Bonchev–Trinajstić information content (AvgIpc) is 3.75. The first-order valence-electron chi connectivity index (χ1n) is 12.5. The van der Waals surface area contributed by atoms with Crippen LogP contribution >= 0.6 is 0 Å². The number of hydrogen-bond acceptors (Lipinski definition) is 10. The van der Waals surface area contributed by atoms with Gasteiger partial charge >= 0.3 is 7.41 Å². The molecule has 3 aromatic rings. The molecule has 5 rings (SSSR count). The molecule has 2 N–H and O–H groups in total. The standard InChI is InChI=1S/C27H28BN6O4/c1-27(15-35)14-34(28-16-36)24-19(12-29)9-18(10-21(24)27)22-5-6-30-26(32-22)33-23-11-20(17-3-4-17)13-31-25(23)38-8-7-37-2/h5-6,9-11,13,16-17,35H,3-4,7-8,14-15H2,1-2H3,(H,30,32,33)/t27-/m1/s1. The molecule has 0 unspecified atom stereocenters. The van der Waals surface area contributed by atoms with Crippen LogP contribution in [0.5, 0.6) is 5.88 Å². The van der Waals surface area contributed by atoms with Crippen molar-refractivity contribution in [1.29, 1.82) is 5.26 Å². The molecule has 0 spiro atoms. The number of carbonyl (C=O) groups is 1. The molecule has 1 radical (unpaired) electrons. The normalized spacial score (nSPS) is 18.0. The van der Waals surface area contributed by atoms with E-state index < -0.39 is 5.41 Å². The number of benzene rings is 1. The van der Waals surface area contributed by atoms with E-state index in [0.29, 0.717) is 71.9 Å². The first-order valence-corrected chi connectivity index (χ1v) is 12.5. The number of ether oxygens (including phenoxy) is 2. The van der Waals surface area contributed by atoms with Crippen molar-refractivity contribution in [3.63, 3.8) is 0 Å². The van der Waals surface area contributed by atoms with Gasteiger partial charge in [-0.3, -0.25) is 0 Å². The second-order valence-electron chi connectivity index (χ2n) is 9.79. The summed E-state index contributed by atoms with van der Waals surface area (Å²) in [6.07, 6.45) is 6.46. The van der Waals surface area contributed by atoms with Gasteiger partial charge in [0.1, 0.15) is 24.5 Å². The van der Waals surface area contributed by atoms with Gasteiger partial charge in [-0.25, -0.2) is 15.0 Å². The predicted octanol–water partition coefficient (Wildman–Crippen LogP) is 2.94. The second kappa shape index (κ2) is 10.8. The van der Waals surface area contributed by atoms with Crippen LogP contribution in [-0.2, 0) is 14.9 Å². The molecule has 1 aliphatic carbocycles. The van der Waals surface area contributed by atoms with Gasteiger partial charge in [0, 0.05) is 42.7 Å². The summed E-state index contributed by atoms with van der Waals surface area (Å²) in [5.41, 5.74) is 4.29. The quantitative estimate of drug-likeness (QED) is 0.225. The number of anilines is 3. The van der Waals surface area contributed by atoms with Gasteiger partial charge < -0.3 is 29.5 Å². The second-order valence-corrected chi connectivity index (χ2v) is 9.79. The number of carbonyl (C=O) groups excluding carboxylic acids is 1. The number of hydrogen-bond donors (Lipinski definition) is 2. The van der Waals surface area contributed by atoms with E-state index in [2.05, 4.69) is 21.4 Å². The Morgan fingerprint density at radius 1 is 1.32 bits per heavy atom. The van der Waals surface area contributed by atoms with Crippen molar-refractivity contribution in [3.8, 4) is 23.2 Å². The predicted molar refractivity (Wildman–Crippen MR) is 143 cm³/mol. The monoisotopic (exact) mass is 511 g/mol. The Balaban J connectivity index is 1.49. The largest absolute Gasteiger partial charge is 0.474 e. The Hall–Kier alpha value is -4.01. The lowest BCUT2D eigenvalue weighted by atomic mass is 9.83. The maximum Gasteiger partial charge on any atom is 0.329 e. The molecule has 2 aliphatic rings. The molecule has 193 valence electrons. The van der Waals surface area contributed by atoms with Gasteiger partial charge in [-0.2, -0.15) is 5.26 Å². The smallest absolute Gasteiger partial charge is 0.329 e. The molecule has 1 atom stereocenters. The van der Waals surface area contributed by atoms with Crippen molar-refractivity contribution in [1.82, 2.24) is 15.0 Å². The number of nitrogens with zero attached hydrogens (tertiary/aromatic N) is 5. The van der Waals surface area contributed by atoms with Crippen molar-refractivity contribution in [2.24, 2.45) is 0 Å². The SMILES string of the molecule is COCCOc1ncc(C2CC2)cc1Nc1nccc(-c2cc(C#N)c3c(c2)[C@@](C)(CO)CN3[B]C=O)n1. The number of nitriles is 1. The summed E-state index contributed by atoms with van der Waals surface area (Å²) in [5.74, 6) is 1.31. The molecule has 1 aromatic carbocycles. The fourth-order valence-corrected chi connectivity index (χ4v) is 4.75. The Morgan fingerprint density at radius 2 is 2.16 bits per heavy atom. The third kappa shape index (κ3) is 5.05. The Bertz CT molecular complexity index is 1390. The highest BCUT2D eigenvalue weighted by atomic mass is 16.5. The number of aliphatic hydroxyl groups excluding tert-OH is 1. The summed E-state index contributed by atoms with van der Waals surface area (Å²) in [7, 11) is 3.01. The summed E-state index contributed by atoms with van der Waals surface area (Å²) < 4.78 is 10.9. The molecule has 10 nitrogen and oxygen atoms in total. The van der Waals surface area contributed by atoms with Crippen molar-refractivity contribution in [2.45, 2.75) is 31.1 Å². The zero-order valence-corrected chi connectivity index (χ0v) is 21.3. The number of rotatable bonds is 11. The molecule has 0 saturated heterocycles. The van der Waals surface area contributed by atoms with Crippen LogP contribution in [0.2, 0.25) is 0 Å². The molecule has 1 saturated carbocycles. The average molecular weight is 511 g/mol. The molecular weight excluding hydrogens is 483 g/mol. The van der Waals surface area contributed by atoms with Crippen LogP contribution < -0.4 is 14.9 Å². The van der Waals surface area contributed by atoms with Crippen LogP contribution in [0.4, 0.5) is 17.3 Å². The topological polar surface area (TPSA) is 133 Å². The summed E-state index contributed by atoms with van der Waals surface area (Å²) >= 11 is 0. The van der Waals surface area contributed by atoms with Crippen LogP contribution in [0.1, 0.15) is 42.4 Å². The van der Waals surface area contributed by atoms with Gasteiger partial charge in [0.2, 0.25) is 11.8 Å². The fourth-order valence-electron chi connectivity index (χ4n) is 4.75. The summed E-state index contributed by atoms with van der Waals surface area (Å²) in [4.78, 5) is 26.6. The Kier molecular flexibility index (Phi) is 7.27. The highest BCUT2D eigenvalue weighted by Crippen LogP contribution is 2.44. The van der Waals surface area contributed by atoms with Gasteiger partial charge in [0.05, 0.1) is 24.5 Å². The Labute approximate surface area is 221 Å². The lowest BCUT2D eigenvalue weighted by molar-refractivity contribution is 0.144. The molecule has 1 fully saturated rings. The lowest BCUT2D eigenvalue weighted by Crippen LogP contribution is -2.36. The van der Waals surface area contributed by atoms with Gasteiger partial charge in [-0.05, 0) is 54.2 Å². The molecular formula is C27H28BN6O4. The molecule has 11 heteroatoms. The maximum absolute atomic E-state index is 11.2. The minimum absolute atomic E-state index is 0.135. The highest BCUT2D eigenvalue weighted by Gasteiger charge is 2.40. The molecule has 38 heavy (non-hydrogen) atoms. The van der Waals surface area contributed by atoms with Gasteiger partial charge in [0.25, 0.3) is 0 Å². The molecule has 0 amide bonds. The van der Waals surface area contributed by atoms with Crippen molar-refractivity contribution in [3.05, 3.63) is 53.3 Å². The van der Waals surface area contributed by atoms with Crippen molar-refractivity contribution in [2.75, 3.05) is 43.6 Å². The number of aromatic nitrogens is 3. The third-order valence-corrected chi connectivity index (χ3v) is 6.92. The van der Waals surface area contributed by atoms with E-state index in [0.717, 1.165) is 24.0 Å². The minimum atomic E-state index is -0.645. The van der Waals surface area contributed by atoms with E-state index >= 15 is 0 Å². The van der Waals surface area contributed by atoms with Gasteiger partial charge in [0.15, 0.2) is 0 Å². The number of aliphatic hydroxyl groups is 1. The van der Waals surface area contributed by atoms with Gasteiger partial charge in [-0.1, -0.05) is 6.92 Å². The maximum atomic E-state index is 11.2. The number of pyridine rings is 1. The van der Waals surface area contributed by atoms with E-state index in [-0.39, 0.29) is 6.61 Å². The van der Waals surface area contributed by atoms with Crippen LogP contribution in [0.25, 0.3) is 11.3 Å². The highest BCUT2D eigenvalue weighted by molar-refractivity contribution is 6.70. The minimum Gasteiger partial charge on any atom is -0.474 e. The van der Waals surface area contributed by atoms with E-state index in [1.807, 2.05) is 25.3 Å².